The number of rotatable bonds is 1. The van der Waals surface area contributed by atoms with Gasteiger partial charge in [-0.15, -0.1) is 0 Å². The summed E-state index contributed by atoms with van der Waals surface area (Å²) in [4.78, 5) is 22.1. The average Bonchev–Trinajstić information content (AvgIpc) is 2.52. The van der Waals surface area contributed by atoms with Gasteiger partial charge in [-0.3, -0.25) is 9.59 Å². The lowest BCUT2D eigenvalue weighted by Gasteiger charge is -2.11. The molecule has 1 aliphatic carbocycles. The first-order valence-corrected chi connectivity index (χ1v) is 3.97. The van der Waals surface area contributed by atoms with E-state index >= 15 is 0 Å². The van der Waals surface area contributed by atoms with Crippen LogP contribution in [-0.2, 0) is 19.1 Å². The second-order valence-corrected chi connectivity index (χ2v) is 3.26. The number of hydrogen-bond acceptors (Lipinski definition) is 4. The van der Waals surface area contributed by atoms with E-state index in [-0.39, 0.29) is 23.6 Å². The van der Waals surface area contributed by atoms with Crippen molar-refractivity contribution in [2.24, 2.45) is 11.8 Å². The van der Waals surface area contributed by atoms with Gasteiger partial charge in [0.1, 0.15) is 5.78 Å². The molecule has 1 saturated heterocycles. The molecule has 1 aliphatic heterocycles. The average molecular weight is 170 g/mol. The molecule has 4 nitrogen and oxygen atoms in total. The highest BCUT2D eigenvalue weighted by molar-refractivity contribution is 5.90. The standard InChI is InChI=1S/C8H10O4/c1-11-8-6-3-4(9)2-5(6)7(10)12-8/h5-6,8H,2-3H2,1H3. The summed E-state index contributed by atoms with van der Waals surface area (Å²) in [5.41, 5.74) is 0. The maximum atomic E-state index is 11.1. The Bertz CT molecular complexity index is 235. The molecule has 3 atom stereocenters. The van der Waals surface area contributed by atoms with Crippen LogP contribution < -0.4 is 0 Å². The molecule has 0 bridgehead atoms. The molecule has 4 heteroatoms. The molecule has 12 heavy (non-hydrogen) atoms. The minimum atomic E-state index is -0.492. The molecule has 3 unspecified atom stereocenters. The number of carbonyl (C=O) groups is 2. The summed E-state index contributed by atoms with van der Waals surface area (Å²) in [5, 5.41) is 0. The number of hydrogen-bond donors (Lipinski definition) is 0. The van der Waals surface area contributed by atoms with Crippen LogP contribution in [0.25, 0.3) is 0 Å². The second-order valence-electron chi connectivity index (χ2n) is 3.26. The van der Waals surface area contributed by atoms with Crippen molar-refractivity contribution in [3.63, 3.8) is 0 Å². The zero-order valence-electron chi connectivity index (χ0n) is 6.78. The van der Waals surface area contributed by atoms with Crippen molar-refractivity contribution < 1.29 is 19.1 Å². The maximum Gasteiger partial charge on any atom is 0.312 e. The van der Waals surface area contributed by atoms with Crippen LogP contribution in [0.3, 0.4) is 0 Å². The lowest BCUT2D eigenvalue weighted by molar-refractivity contribution is -0.163. The molecule has 0 N–H and O–H groups in total. The summed E-state index contributed by atoms with van der Waals surface area (Å²) in [7, 11) is 1.49. The van der Waals surface area contributed by atoms with E-state index in [1.165, 1.54) is 7.11 Å². The molecule has 66 valence electrons. The summed E-state index contributed by atoms with van der Waals surface area (Å²) in [6.07, 6.45) is 0.270. The summed E-state index contributed by atoms with van der Waals surface area (Å²) in [6, 6.07) is 0. The number of fused-ring (bicyclic) bond motifs is 1. The predicted octanol–water partition coefficient (Wildman–Crippen LogP) is 0.111. The third kappa shape index (κ3) is 0.948. The van der Waals surface area contributed by atoms with Gasteiger partial charge in [0.15, 0.2) is 0 Å². The molecule has 0 aromatic rings. The van der Waals surface area contributed by atoms with Gasteiger partial charge in [-0.05, 0) is 0 Å². The minimum Gasteiger partial charge on any atom is -0.435 e. The molecule has 2 rings (SSSR count). The summed E-state index contributed by atoms with van der Waals surface area (Å²) in [6.45, 7) is 0. The first-order chi connectivity index (χ1) is 5.72. The Balaban J connectivity index is 2.18. The molecule has 0 aromatic heterocycles. The highest BCUT2D eigenvalue weighted by atomic mass is 16.7. The molecular weight excluding hydrogens is 160 g/mol. The molecule has 0 spiro atoms. The number of carbonyl (C=O) groups excluding carboxylic acids is 2. The van der Waals surface area contributed by atoms with Crippen molar-refractivity contribution in [1.82, 2.24) is 0 Å². The maximum absolute atomic E-state index is 11.1. The van der Waals surface area contributed by atoms with Crippen LogP contribution in [0.15, 0.2) is 0 Å². The van der Waals surface area contributed by atoms with Gasteiger partial charge in [-0.25, -0.2) is 0 Å². The summed E-state index contributed by atoms with van der Waals surface area (Å²) < 4.78 is 9.86. The zero-order chi connectivity index (χ0) is 8.72. The van der Waals surface area contributed by atoms with Gasteiger partial charge < -0.3 is 9.47 Å². The van der Waals surface area contributed by atoms with E-state index in [0.717, 1.165) is 0 Å². The number of methoxy groups -OCH3 is 1. The normalized spacial score (nSPS) is 39.9. The van der Waals surface area contributed by atoms with Gasteiger partial charge in [0.05, 0.1) is 5.92 Å². The number of cyclic esters (lactones) is 1. The van der Waals surface area contributed by atoms with Crippen LogP contribution in [-0.4, -0.2) is 25.2 Å². The monoisotopic (exact) mass is 170 g/mol. The molecule has 0 radical (unpaired) electrons. The van der Waals surface area contributed by atoms with Gasteiger partial charge in [-0.2, -0.15) is 0 Å². The Morgan fingerprint density at radius 2 is 2.17 bits per heavy atom. The topological polar surface area (TPSA) is 52.6 Å². The quantitative estimate of drug-likeness (QED) is 0.524. The van der Waals surface area contributed by atoms with E-state index in [4.69, 9.17) is 9.47 Å². The number of ketones is 1. The van der Waals surface area contributed by atoms with Gasteiger partial charge in [0, 0.05) is 25.9 Å². The van der Waals surface area contributed by atoms with Crippen LogP contribution in [0.2, 0.25) is 0 Å². The molecule has 1 saturated carbocycles. The third-order valence-electron chi connectivity index (χ3n) is 2.54. The van der Waals surface area contributed by atoms with E-state index < -0.39 is 6.29 Å². The van der Waals surface area contributed by atoms with Crippen LogP contribution in [0.4, 0.5) is 0 Å². The van der Waals surface area contributed by atoms with Crippen LogP contribution in [0.1, 0.15) is 12.8 Å². The molecule has 2 fully saturated rings. The zero-order valence-corrected chi connectivity index (χ0v) is 6.78. The van der Waals surface area contributed by atoms with E-state index in [1.807, 2.05) is 0 Å². The second kappa shape index (κ2) is 2.55. The number of esters is 1. The van der Waals surface area contributed by atoms with E-state index in [2.05, 4.69) is 0 Å². The summed E-state index contributed by atoms with van der Waals surface area (Å²) in [5.74, 6) is -0.404. The molecule has 0 amide bonds. The van der Waals surface area contributed by atoms with Gasteiger partial charge in [0.25, 0.3) is 0 Å². The van der Waals surface area contributed by atoms with E-state index in [0.29, 0.717) is 12.8 Å². The lowest BCUT2D eigenvalue weighted by atomic mass is 9.99. The van der Waals surface area contributed by atoms with Gasteiger partial charge >= 0.3 is 5.97 Å². The van der Waals surface area contributed by atoms with Crippen molar-refractivity contribution in [2.45, 2.75) is 19.1 Å². The van der Waals surface area contributed by atoms with Crippen molar-refractivity contribution in [3.8, 4) is 0 Å². The lowest BCUT2D eigenvalue weighted by Crippen LogP contribution is -2.18. The Morgan fingerprint density at radius 3 is 2.83 bits per heavy atom. The summed E-state index contributed by atoms with van der Waals surface area (Å²) >= 11 is 0. The van der Waals surface area contributed by atoms with Crippen molar-refractivity contribution >= 4 is 11.8 Å². The molecular formula is C8H10O4. The molecule has 2 aliphatic rings. The highest BCUT2D eigenvalue weighted by Gasteiger charge is 2.50. The van der Waals surface area contributed by atoms with Gasteiger partial charge in [-0.1, -0.05) is 0 Å². The number of ether oxygens (including phenoxy) is 2. The fraction of sp³-hybridized carbons (Fsp3) is 0.750. The van der Waals surface area contributed by atoms with Crippen molar-refractivity contribution in [1.29, 1.82) is 0 Å². The SMILES string of the molecule is COC1OC(=O)C2CC(=O)CC12. The Morgan fingerprint density at radius 1 is 1.42 bits per heavy atom. The number of Topliss-reactive ketones (excluding diaryl/α,β-unsaturated/α-hetero) is 1. The van der Waals surface area contributed by atoms with E-state index in [9.17, 15) is 9.59 Å². The Hall–Kier alpha value is -0.900. The first-order valence-electron chi connectivity index (χ1n) is 3.97. The van der Waals surface area contributed by atoms with Crippen molar-refractivity contribution in [2.75, 3.05) is 7.11 Å². The van der Waals surface area contributed by atoms with Crippen molar-refractivity contribution in [3.05, 3.63) is 0 Å². The fourth-order valence-corrected chi connectivity index (χ4v) is 1.94. The molecule has 0 aromatic carbocycles. The first kappa shape index (κ1) is 7.73. The smallest absolute Gasteiger partial charge is 0.312 e. The predicted molar refractivity (Wildman–Crippen MR) is 38.1 cm³/mol. The van der Waals surface area contributed by atoms with Gasteiger partial charge in [0.2, 0.25) is 6.29 Å². The Labute approximate surface area is 69.8 Å². The minimum absolute atomic E-state index is 0.0324. The fourth-order valence-electron chi connectivity index (χ4n) is 1.94. The largest absolute Gasteiger partial charge is 0.435 e. The van der Waals surface area contributed by atoms with Crippen LogP contribution in [0.5, 0.6) is 0 Å². The van der Waals surface area contributed by atoms with Crippen LogP contribution >= 0.6 is 0 Å². The Kier molecular flexibility index (Phi) is 1.65. The van der Waals surface area contributed by atoms with E-state index in [1.54, 1.807) is 0 Å². The highest BCUT2D eigenvalue weighted by Crippen LogP contribution is 2.39. The third-order valence-corrected chi connectivity index (χ3v) is 2.54. The van der Waals surface area contributed by atoms with Crippen LogP contribution in [0, 0.1) is 11.8 Å². The molecule has 1 heterocycles.